The second kappa shape index (κ2) is 5.46. The Morgan fingerprint density at radius 1 is 1.05 bits per heavy atom. The Kier molecular flexibility index (Phi) is 3.92. The summed E-state index contributed by atoms with van der Waals surface area (Å²) < 4.78 is 0.924. The van der Waals surface area contributed by atoms with E-state index in [4.69, 9.17) is 5.26 Å². The molecule has 0 unspecified atom stereocenters. The normalized spacial score (nSPS) is 10.1. The van der Waals surface area contributed by atoms with Gasteiger partial charge in [0.15, 0.2) is 0 Å². The molecule has 0 aromatic heterocycles. The average molecular weight is 315 g/mol. The molecule has 0 bridgehead atoms. The second-order valence-electron chi connectivity index (χ2n) is 4.68. The lowest BCUT2D eigenvalue weighted by molar-refractivity contribution is 1.18. The van der Waals surface area contributed by atoms with Crippen molar-refractivity contribution < 1.29 is 0 Å². The van der Waals surface area contributed by atoms with Crippen molar-refractivity contribution in [3.05, 3.63) is 57.6 Å². The second-order valence-corrected chi connectivity index (χ2v) is 5.54. The van der Waals surface area contributed by atoms with Crippen molar-refractivity contribution in [2.75, 3.05) is 11.9 Å². The average Bonchev–Trinajstić information content (AvgIpc) is 2.36. The van der Waals surface area contributed by atoms with Gasteiger partial charge in [-0.1, -0.05) is 6.07 Å². The maximum absolute atomic E-state index is 8.90. The minimum atomic E-state index is 0.657. The summed E-state index contributed by atoms with van der Waals surface area (Å²) >= 11 is 3.53. The molecule has 0 N–H and O–H groups in total. The Bertz CT molecular complexity index is 636. The van der Waals surface area contributed by atoms with Crippen LogP contribution in [0.15, 0.2) is 40.9 Å². The van der Waals surface area contributed by atoms with Crippen LogP contribution in [0.2, 0.25) is 0 Å². The van der Waals surface area contributed by atoms with Gasteiger partial charge in [-0.2, -0.15) is 5.26 Å². The zero-order chi connectivity index (χ0) is 14.0. The molecular weight excluding hydrogens is 300 g/mol. The Morgan fingerprint density at radius 3 is 2.21 bits per heavy atom. The van der Waals surface area contributed by atoms with Crippen molar-refractivity contribution in [2.45, 2.75) is 13.8 Å². The van der Waals surface area contributed by atoms with Crippen LogP contribution in [0.1, 0.15) is 16.7 Å². The van der Waals surface area contributed by atoms with Crippen LogP contribution in [0.3, 0.4) is 0 Å². The lowest BCUT2D eigenvalue weighted by Crippen LogP contribution is -2.10. The van der Waals surface area contributed by atoms with E-state index in [9.17, 15) is 0 Å². The third-order valence-corrected chi connectivity index (χ3v) is 3.67. The number of benzene rings is 2. The summed E-state index contributed by atoms with van der Waals surface area (Å²) in [4.78, 5) is 2.12. The number of hydrogen-bond donors (Lipinski definition) is 0. The third kappa shape index (κ3) is 2.97. The smallest absolute Gasteiger partial charge is 0.0992 e. The number of halogens is 1. The van der Waals surface area contributed by atoms with Crippen molar-refractivity contribution in [3.8, 4) is 6.07 Å². The highest BCUT2D eigenvalue weighted by Crippen LogP contribution is 2.32. The fraction of sp³-hybridized carbons (Fsp3) is 0.188. The molecule has 0 atom stereocenters. The highest BCUT2D eigenvalue weighted by atomic mass is 79.9. The summed E-state index contributed by atoms with van der Waals surface area (Å²) in [6.45, 7) is 4.19. The molecular formula is C16H15BrN2. The molecule has 0 fully saturated rings. The Hall–Kier alpha value is -1.79. The van der Waals surface area contributed by atoms with Gasteiger partial charge in [0.25, 0.3) is 0 Å². The maximum Gasteiger partial charge on any atom is 0.0992 e. The van der Waals surface area contributed by atoms with E-state index >= 15 is 0 Å². The van der Waals surface area contributed by atoms with Crippen LogP contribution in [0.4, 0.5) is 11.4 Å². The molecule has 0 saturated carbocycles. The summed E-state index contributed by atoms with van der Waals surface area (Å²) in [5.41, 5.74) is 5.33. The maximum atomic E-state index is 8.90. The first-order chi connectivity index (χ1) is 9.01. The van der Waals surface area contributed by atoms with Crippen molar-refractivity contribution >= 4 is 27.3 Å². The summed E-state index contributed by atoms with van der Waals surface area (Å²) in [5, 5.41) is 8.90. The fourth-order valence-corrected chi connectivity index (χ4v) is 2.78. The summed E-state index contributed by atoms with van der Waals surface area (Å²) in [6, 6.07) is 14.2. The number of nitrogens with zero attached hydrogens (tertiary/aromatic N) is 2. The van der Waals surface area contributed by atoms with Crippen molar-refractivity contribution in [1.82, 2.24) is 0 Å². The van der Waals surface area contributed by atoms with Crippen LogP contribution < -0.4 is 4.90 Å². The molecule has 0 heterocycles. The number of nitriles is 1. The van der Waals surface area contributed by atoms with E-state index in [0.717, 1.165) is 15.8 Å². The molecule has 0 aliphatic rings. The lowest BCUT2D eigenvalue weighted by Gasteiger charge is -2.22. The van der Waals surface area contributed by atoms with Crippen LogP contribution in [-0.2, 0) is 0 Å². The topological polar surface area (TPSA) is 27.0 Å². The molecule has 0 saturated heterocycles. The van der Waals surface area contributed by atoms with Crippen molar-refractivity contribution in [3.63, 3.8) is 0 Å². The van der Waals surface area contributed by atoms with Gasteiger partial charge in [-0.15, -0.1) is 0 Å². The number of anilines is 2. The number of hydrogen-bond acceptors (Lipinski definition) is 2. The summed E-state index contributed by atoms with van der Waals surface area (Å²) in [7, 11) is 2.03. The van der Waals surface area contributed by atoms with Gasteiger partial charge in [-0.05, 0) is 71.2 Å². The molecule has 0 amide bonds. The van der Waals surface area contributed by atoms with E-state index in [1.807, 2.05) is 25.2 Å². The molecule has 2 aromatic rings. The standard InChI is InChI=1S/C16H15BrN2/c1-11-6-12(2)8-14(7-11)19(3)16-5-4-13(10-18)9-15(16)17/h4-9H,1-3H3. The van der Waals surface area contributed by atoms with Gasteiger partial charge >= 0.3 is 0 Å². The van der Waals surface area contributed by atoms with E-state index in [2.05, 4.69) is 58.9 Å². The van der Waals surface area contributed by atoms with E-state index < -0.39 is 0 Å². The highest BCUT2D eigenvalue weighted by Gasteiger charge is 2.09. The SMILES string of the molecule is Cc1cc(C)cc(N(C)c2ccc(C#N)cc2Br)c1. The molecule has 0 spiro atoms. The molecule has 96 valence electrons. The van der Waals surface area contributed by atoms with Crippen molar-refractivity contribution in [2.24, 2.45) is 0 Å². The molecule has 2 nitrogen and oxygen atoms in total. The molecule has 3 heteroatoms. The minimum Gasteiger partial charge on any atom is -0.344 e. The van der Waals surface area contributed by atoms with Gasteiger partial charge in [0.05, 0.1) is 17.3 Å². The van der Waals surface area contributed by atoms with E-state index in [0.29, 0.717) is 5.56 Å². The first-order valence-corrected chi connectivity index (χ1v) is 6.82. The molecule has 0 aliphatic carbocycles. The quantitative estimate of drug-likeness (QED) is 0.803. The largest absolute Gasteiger partial charge is 0.344 e. The highest BCUT2D eigenvalue weighted by molar-refractivity contribution is 9.10. The molecule has 2 aromatic carbocycles. The van der Waals surface area contributed by atoms with Gasteiger partial charge in [0.1, 0.15) is 0 Å². The first-order valence-electron chi connectivity index (χ1n) is 6.03. The van der Waals surface area contributed by atoms with E-state index in [1.54, 1.807) is 0 Å². The monoisotopic (exact) mass is 314 g/mol. The number of rotatable bonds is 2. The van der Waals surface area contributed by atoms with Crippen LogP contribution in [0.25, 0.3) is 0 Å². The van der Waals surface area contributed by atoms with Crippen LogP contribution in [0, 0.1) is 25.2 Å². The van der Waals surface area contributed by atoms with Crippen LogP contribution in [-0.4, -0.2) is 7.05 Å². The van der Waals surface area contributed by atoms with Gasteiger partial charge in [0.2, 0.25) is 0 Å². The zero-order valence-electron chi connectivity index (χ0n) is 11.2. The first kappa shape index (κ1) is 13.6. The lowest BCUT2D eigenvalue weighted by atomic mass is 10.1. The van der Waals surface area contributed by atoms with Gasteiger partial charge in [-0.3, -0.25) is 0 Å². The van der Waals surface area contributed by atoms with Crippen molar-refractivity contribution in [1.29, 1.82) is 5.26 Å². The molecule has 2 rings (SSSR count). The Balaban J connectivity index is 2.44. The van der Waals surface area contributed by atoms with Gasteiger partial charge in [0, 0.05) is 17.2 Å². The summed E-state index contributed by atoms with van der Waals surface area (Å²) in [6.07, 6.45) is 0. The van der Waals surface area contributed by atoms with Gasteiger partial charge in [-0.25, -0.2) is 0 Å². The van der Waals surface area contributed by atoms with Crippen LogP contribution in [0.5, 0.6) is 0 Å². The molecule has 0 radical (unpaired) electrons. The van der Waals surface area contributed by atoms with E-state index in [-0.39, 0.29) is 0 Å². The predicted octanol–water partition coefficient (Wildman–Crippen LogP) is 4.71. The summed E-state index contributed by atoms with van der Waals surface area (Å²) in [5.74, 6) is 0. The van der Waals surface area contributed by atoms with Crippen LogP contribution >= 0.6 is 15.9 Å². The zero-order valence-corrected chi connectivity index (χ0v) is 12.8. The Morgan fingerprint density at radius 2 is 1.68 bits per heavy atom. The fourth-order valence-electron chi connectivity index (χ4n) is 2.13. The Labute approximate surface area is 122 Å². The molecule has 0 aliphatic heterocycles. The number of aryl methyl sites for hydroxylation is 2. The predicted molar refractivity (Wildman–Crippen MR) is 82.8 cm³/mol. The van der Waals surface area contributed by atoms with E-state index in [1.165, 1.54) is 11.1 Å². The third-order valence-electron chi connectivity index (χ3n) is 3.03. The van der Waals surface area contributed by atoms with Gasteiger partial charge < -0.3 is 4.90 Å². The minimum absolute atomic E-state index is 0.657. The molecule has 19 heavy (non-hydrogen) atoms.